The number of carbonyl (C=O) groups excluding carboxylic acids is 1. The quantitative estimate of drug-likeness (QED) is 0.873. The smallest absolute Gasteiger partial charge is 0.236 e. The number of fused-ring (bicyclic) bond motifs is 1. The highest BCUT2D eigenvalue weighted by Gasteiger charge is 2.27. The minimum absolute atomic E-state index is 0.0614. The molecule has 0 aliphatic carbocycles. The average Bonchev–Trinajstić information content (AvgIpc) is 2.59. The summed E-state index contributed by atoms with van der Waals surface area (Å²) < 4.78 is 0. The number of nitrogen functional groups attached to an aromatic ring is 1. The largest absolute Gasteiger partial charge is 0.368 e. The molecule has 120 valence electrons. The van der Waals surface area contributed by atoms with Crippen molar-refractivity contribution in [3.8, 4) is 0 Å². The zero-order valence-electron chi connectivity index (χ0n) is 13.1. The van der Waals surface area contributed by atoms with Crippen LogP contribution in [0.1, 0.15) is 24.6 Å². The number of amides is 1. The predicted octanol–water partition coefficient (Wildman–Crippen LogP) is 2.51. The second kappa shape index (κ2) is 7.00. The predicted molar refractivity (Wildman–Crippen MR) is 91.9 cm³/mol. The second-order valence-corrected chi connectivity index (χ2v) is 6.81. The summed E-state index contributed by atoms with van der Waals surface area (Å²) in [5, 5.41) is -0.0614. The molecule has 5 nitrogen and oxygen atoms in total. The molecule has 0 bridgehead atoms. The summed E-state index contributed by atoms with van der Waals surface area (Å²) >= 11 is 1.63. The normalized spacial score (nSPS) is 15.1. The molecule has 1 aliphatic rings. The lowest BCUT2D eigenvalue weighted by molar-refractivity contribution is -0.131. The van der Waals surface area contributed by atoms with Crippen molar-refractivity contribution in [1.82, 2.24) is 14.9 Å². The molecule has 0 spiro atoms. The molecular weight excluding hydrogens is 308 g/mol. The van der Waals surface area contributed by atoms with Gasteiger partial charge in [0.15, 0.2) is 0 Å². The van der Waals surface area contributed by atoms with Gasteiger partial charge in [0.1, 0.15) is 0 Å². The zero-order chi connectivity index (χ0) is 16.2. The Balaban J connectivity index is 1.71. The molecule has 2 aromatic rings. The number of carbonyl (C=O) groups is 1. The first-order valence-corrected chi connectivity index (χ1v) is 8.66. The van der Waals surface area contributed by atoms with Crippen LogP contribution in [0.4, 0.5) is 5.95 Å². The van der Waals surface area contributed by atoms with Crippen LogP contribution in [0.2, 0.25) is 0 Å². The zero-order valence-corrected chi connectivity index (χ0v) is 13.9. The van der Waals surface area contributed by atoms with Crippen LogP contribution < -0.4 is 5.73 Å². The number of hydrogen-bond acceptors (Lipinski definition) is 5. The Hall–Kier alpha value is -2.08. The van der Waals surface area contributed by atoms with Crippen LogP contribution in [0.5, 0.6) is 0 Å². The van der Waals surface area contributed by atoms with Crippen LogP contribution in [0, 0.1) is 0 Å². The molecule has 23 heavy (non-hydrogen) atoms. The fourth-order valence-corrected chi connectivity index (χ4v) is 3.75. The van der Waals surface area contributed by atoms with E-state index in [4.69, 9.17) is 5.73 Å². The van der Waals surface area contributed by atoms with E-state index < -0.39 is 0 Å². The van der Waals surface area contributed by atoms with Gasteiger partial charge in [0.25, 0.3) is 0 Å². The molecule has 0 saturated heterocycles. The molecule has 0 radical (unpaired) electrons. The number of rotatable bonds is 4. The van der Waals surface area contributed by atoms with E-state index in [9.17, 15) is 4.79 Å². The third-order valence-corrected chi connectivity index (χ3v) is 5.30. The topological polar surface area (TPSA) is 72.1 Å². The van der Waals surface area contributed by atoms with E-state index in [2.05, 4.69) is 16.9 Å². The number of aromatic nitrogens is 2. The summed E-state index contributed by atoms with van der Waals surface area (Å²) in [5.41, 5.74) is 7.59. The summed E-state index contributed by atoms with van der Waals surface area (Å²) in [4.78, 5) is 24.2. The van der Waals surface area contributed by atoms with Gasteiger partial charge in [0.2, 0.25) is 11.9 Å². The molecule has 0 saturated carbocycles. The van der Waals surface area contributed by atoms with Gasteiger partial charge in [-0.05, 0) is 18.6 Å². The summed E-state index contributed by atoms with van der Waals surface area (Å²) in [6, 6.07) is 10.1. The van der Waals surface area contributed by atoms with Crippen molar-refractivity contribution < 1.29 is 4.79 Å². The minimum Gasteiger partial charge on any atom is -0.368 e. The van der Waals surface area contributed by atoms with E-state index in [1.54, 1.807) is 18.0 Å². The molecule has 1 aromatic carbocycles. The van der Waals surface area contributed by atoms with Gasteiger partial charge in [-0.25, -0.2) is 9.97 Å². The van der Waals surface area contributed by atoms with Gasteiger partial charge >= 0.3 is 0 Å². The van der Waals surface area contributed by atoms with Crippen LogP contribution in [-0.2, 0) is 17.8 Å². The maximum atomic E-state index is 12.9. The first-order chi connectivity index (χ1) is 11.2. The van der Waals surface area contributed by atoms with E-state index in [1.165, 1.54) is 0 Å². The molecule has 1 aromatic heterocycles. The Kier molecular flexibility index (Phi) is 4.81. The number of nitrogens with two attached hydrogens (primary N) is 1. The molecule has 2 heterocycles. The molecule has 1 unspecified atom stereocenters. The fraction of sp³-hybridized carbons (Fsp3) is 0.353. The molecule has 1 amide bonds. The van der Waals surface area contributed by atoms with Gasteiger partial charge in [-0.3, -0.25) is 4.79 Å². The van der Waals surface area contributed by atoms with Crippen molar-refractivity contribution >= 4 is 23.6 Å². The molecule has 6 heteroatoms. The highest BCUT2D eigenvalue weighted by Crippen LogP contribution is 2.28. The van der Waals surface area contributed by atoms with Crippen LogP contribution >= 0.6 is 11.8 Å². The maximum Gasteiger partial charge on any atom is 0.236 e. The van der Waals surface area contributed by atoms with Crippen LogP contribution in [0.15, 0.2) is 41.4 Å². The monoisotopic (exact) mass is 328 g/mol. The third kappa shape index (κ3) is 3.64. The molecule has 1 atom stereocenters. The summed E-state index contributed by atoms with van der Waals surface area (Å²) in [7, 11) is 0. The van der Waals surface area contributed by atoms with E-state index in [0.29, 0.717) is 19.0 Å². The number of anilines is 1. The van der Waals surface area contributed by atoms with Crippen molar-refractivity contribution in [2.75, 3.05) is 12.3 Å². The van der Waals surface area contributed by atoms with E-state index in [1.807, 2.05) is 35.2 Å². The molecular formula is C17H20N4OS. The Bertz CT molecular complexity index is 692. The van der Waals surface area contributed by atoms with Crippen molar-refractivity contribution in [3.05, 3.63) is 47.8 Å². The third-order valence-electron chi connectivity index (χ3n) is 3.93. The van der Waals surface area contributed by atoms with Crippen molar-refractivity contribution in [3.63, 3.8) is 0 Å². The lowest BCUT2D eigenvalue weighted by atomic mass is 10.1. The summed E-state index contributed by atoms with van der Waals surface area (Å²) in [6.07, 6.45) is 3.28. The Morgan fingerprint density at radius 1 is 1.39 bits per heavy atom. The van der Waals surface area contributed by atoms with Crippen LogP contribution in [-0.4, -0.2) is 32.6 Å². The van der Waals surface area contributed by atoms with Crippen molar-refractivity contribution in [1.29, 1.82) is 0 Å². The standard InChI is InChI=1S/C17H20N4OS/c1-2-15(23-13-6-4-3-5-7-13)16(22)21-9-8-14-12(11-21)10-19-17(18)20-14/h3-7,10,15H,2,8-9,11H2,1H3,(H2,18,19,20). The Labute approximate surface area is 140 Å². The van der Waals surface area contributed by atoms with Crippen molar-refractivity contribution in [2.45, 2.75) is 36.5 Å². The van der Waals surface area contributed by atoms with Gasteiger partial charge < -0.3 is 10.6 Å². The number of thioether (sulfide) groups is 1. The number of hydrogen-bond donors (Lipinski definition) is 1. The van der Waals surface area contributed by atoms with Crippen LogP contribution in [0.3, 0.4) is 0 Å². The maximum absolute atomic E-state index is 12.9. The fourth-order valence-electron chi connectivity index (χ4n) is 2.70. The van der Waals surface area contributed by atoms with E-state index in [-0.39, 0.29) is 11.2 Å². The number of nitrogens with zero attached hydrogens (tertiary/aromatic N) is 3. The molecule has 3 rings (SSSR count). The van der Waals surface area contributed by atoms with Gasteiger partial charge in [-0.15, -0.1) is 11.8 Å². The number of benzene rings is 1. The SMILES string of the molecule is CCC(Sc1ccccc1)C(=O)N1CCc2nc(N)ncc2C1. The van der Waals surface area contributed by atoms with Gasteiger partial charge in [-0.2, -0.15) is 0 Å². The summed E-state index contributed by atoms with van der Waals surface area (Å²) in [5.74, 6) is 0.485. The Morgan fingerprint density at radius 2 is 2.17 bits per heavy atom. The molecule has 0 fully saturated rings. The van der Waals surface area contributed by atoms with Crippen LogP contribution in [0.25, 0.3) is 0 Å². The lowest BCUT2D eigenvalue weighted by Crippen LogP contribution is -2.41. The lowest BCUT2D eigenvalue weighted by Gasteiger charge is -2.30. The minimum atomic E-state index is -0.0614. The van der Waals surface area contributed by atoms with Crippen molar-refractivity contribution in [2.24, 2.45) is 0 Å². The second-order valence-electron chi connectivity index (χ2n) is 5.54. The Morgan fingerprint density at radius 3 is 2.91 bits per heavy atom. The summed E-state index contributed by atoms with van der Waals surface area (Å²) in [6.45, 7) is 3.31. The van der Waals surface area contributed by atoms with Gasteiger partial charge in [0, 0.05) is 36.2 Å². The molecule has 1 aliphatic heterocycles. The highest BCUT2D eigenvalue weighted by molar-refractivity contribution is 8.00. The average molecular weight is 328 g/mol. The van der Waals surface area contributed by atoms with E-state index >= 15 is 0 Å². The van der Waals surface area contributed by atoms with Gasteiger partial charge in [0.05, 0.1) is 10.9 Å². The van der Waals surface area contributed by atoms with E-state index in [0.717, 1.165) is 29.0 Å². The first kappa shape index (κ1) is 15.8. The highest BCUT2D eigenvalue weighted by atomic mass is 32.2. The van der Waals surface area contributed by atoms with Gasteiger partial charge in [-0.1, -0.05) is 25.1 Å². The molecule has 2 N–H and O–H groups in total. The first-order valence-electron chi connectivity index (χ1n) is 7.78.